The first-order valence-electron chi connectivity index (χ1n) is 9.28. The van der Waals surface area contributed by atoms with Crippen molar-refractivity contribution in [1.82, 2.24) is 20.0 Å². The molecule has 7 heteroatoms. The first-order valence-corrected chi connectivity index (χ1v) is 9.28. The zero-order valence-corrected chi connectivity index (χ0v) is 16.8. The second kappa shape index (κ2) is 9.12. The van der Waals surface area contributed by atoms with Gasteiger partial charge in [-0.15, -0.1) is 0 Å². The molecule has 2 N–H and O–H groups in total. The van der Waals surface area contributed by atoms with E-state index in [0.717, 1.165) is 28.5 Å². The van der Waals surface area contributed by atoms with E-state index in [2.05, 4.69) is 38.0 Å². The maximum absolute atomic E-state index is 5.93. The van der Waals surface area contributed by atoms with Crippen LogP contribution < -0.4 is 20.1 Å². The van der Waals surface area contributed by atoms with Crippen LogP contribution in [-0.2, 0) is 6.54 Å². The molecule has 0 aliphatic carbocycles. The number of guanidine groups is 1. The lowest BCUT2D eigenvalue weighted by molar-refractivity contribution is 0.223. The van der Waals surface area contributed by atoms with Crippen molar-refractivity contribution in [1.29, 1.82) is 0 Å². The number of fused-ring (bicyclic) bond motifs is 1. The monoisotopic (exact) mass is 381 g/mol. The Labute approximate surface area is 165 Å². The van der Waals surface area contributed by atoms with Crippen LogP contribution in [0.2, 0.25) is 0 Å². The van der Waals surface area contributed by atoms with Crippen molar-refractivity contribution in [2.75, 3.05) is 20.7 Å². The van der Waals surface area contributed by atoms with Crippen LogP contribution in [0.1, 0.15) is 18.3 Å². The minimum absolute atomic E-state index is 0.0384. The Kier molecular flexibility index (Phi) is 6.37. The van der Waals surface area contributed by atoms with Crippen molar-refractivity contribution < 1.29 is 9.47 Å². The number of aryl methyl sites for hydroxylation is 1. The summed E-state index contributed by atoms with van der Waals surface area (Å²) < 4.78 is 13.2. The molecule has 1 atom stereocenters. The minimum atomic E-state index is -0.0384. The van der Waals surface area contributed by atoms with Crippen molar-refractivity contribution in [3.63, 3.8) is 0 Å². The van der Waals surface area contributed by atoms with E-state index in [1.54, 1.807) is 14.2 Å². The van der Waals surface area contributed by atoms with Crippen molar-refractivity contribution in [3.05, 3.63) is 60.0 Å². The largest absolute Gasteiger partial charge is 0.497 e. The maximum atomic E-state index is 5.93. The number of pyridine rings is 1. The summed E-state index contributed by atoms with van der Waals surface area (Å²) in [7, 11) is 3.39. The Balaban J connectivity index is 1.50. The van der Waals surface area contributed by atoms with E-state index >= 15 is 0 Å². The first kappa shape index (κ1) is 19.5. The number of methoxy groups -OCH3 is 1. The van der Waals surface area contributed by atoms with Crippen LogP contribution in [0.3, 0.4) is 0 Å². The molecule has 7 nitrogen and oxygen atoms in total. The number of hydrogen-bond donors (Lipinski definition) is 2. The summed E-state index contributed by atoms with van der Waals surface area (Å²) in [6.07, 6.45) is 2.00. The van der Waals surface area contributed by atoms with Gasteiger partial charge in [-0.2, -0.15) is 0 Å². The molecular formula is C21H27N5O2. The van der Waals surface area contributed by atoms with E-state index in [1.807, 2.05) is 49.5 Å². The van der Waals surface area contributed by atoms with E-state index in [-0.39, 0.29) is 6.10 Å². The third-order valence-electron chi connectivity index (χ3n) is 4.34. The molecular weight excluding hydrogens is 354 g/mol. The Morgan fingerprint density at radius 1 is 1.18 bits per heavy atom. The summed E-state index contributed by atoms with van der Waals surface area (Å²) in [4.78, 5) is 8.89. The van der Waals surface area contributed by atoms with Gasteiger partial charge in [-0.05, 0) is 38.1 Å². The second-order valence-corrected chi connectivity index (χ2v) is 6.54. The Hall–Kier alpha value is -3.22. The predicted octanol–water partition coefficient (Wildman–Crippen LogP) is 2.78. The van der Waals surface area contributed by atoms with Gasteiger partial charge in [-0.3, -0.25) is 4.99 Å². The number of hydrogen-bond acceptors (Lipinski definition) is 4. The molecule has 2 heterocycles. The van der Waals surface area contributed by atoms with Crippen LogP contribution in [0.4, 0.5) is 0 Å². The summed E-state index contributed by atoms with van der Waals surface area (Å²) in [5, 5.41) is 6.57. The van der Waals surface area contributed by atoms with Crippen molar-refractivity contribution in [3.8, 4) is 11.5 Å². The minimum Gasteiger partial charge on any atom is -0.497 e. The van der Waals surface area contributed by atoms with Crippen molar-refractivity contribution in [2.24, 2.45) is 4.99 Å². The lowest BCUT2D eigenvalue weighted by Gasteiger charge is -2.17. The van der Waals surface area contributed by atoms with Gasteiger partial charge in [0.15, 0.2) is 5.96 Å². The van der Waals surface area contributed by atoms with Gasteiger partial charge in [0.2, 0.25) is 0 Å². The fraction of sp³-hybridized carbons (Fsp3) is 0.333. The first-order chi connectivity index (χ1) is 13.6. The molecule has 0 radical (unpaired) electrons. The number of aliphatic imine (C=N–C) groups is 1. The van der Waals surface area contributed by atoms with E-state index in [1.165, 1.54) is 0 Å². The molecule has 0 fully saturated rings. The molecule has 0 amide bonds. The molecule has 28 heavy (non-hydrogen) atoms. The fourth-order valence-electron chi connectivity index (χ4n) is 2.87. The predicted molar refractivity (Wildman–Crippen MR) is 111 cm³/mol. The summed E-state index contributed by atoms with van der Waals surface area (Å²) in [5.41, 5.74) is 3.06. The third-order valence-corrected chi connectivity index (χ3v) is 4.34. The highest BCUT2D eigenvalue weighted by Crippen LogP contribution is 2.19. The molecule has 3 aromatic rings. The van der Waals surface area contributed by atoms with Crippen LogP contribution in [0.15, 0.2) is 53.7 Å². The average Bonchev–Trinajstić information content (AvgIpc) is 3.13. The standard InChI is InChI=1S/C21H27N5O2/c1-15-7-5-10-20-25-17(14-26(15)20)13-24-21(22-3)23-12-16(2)28-19-9-6-8-18(11-19)27-4/h5-11,14,16H,12-13H2,1-4H3,(H2,22,23,24). The topological polar surface area (TPSA) is 72.2 Å². The smallest absolute Gasteiger partial charge is 0.191 e. The molecule has 3 rings (SSSR count). The summed E-state index contributed by atoms with van der Waals surface area (Å²) in [6, 6.07) is 13.7. The SMILES string of the molecule is CN=C(NCc1cn2c(C)cccc2n1)NCC(C)Oc1cccc(OC)c1. The number of benzene rings is 1. The summed E-state index contributed by atoms with van der Waals surface area (Å²) in [5.74, 6) is 2.25. The lowest BCUT2D eigenvalue weighted by Crippen LogP contribution is -2.41. The van der Waals surface area contributed by atoms with Crippen LogP contribution in [0.25, 0.3) is 5.65 Å². The normalized spacial score (nSPS) is 12.6. The number of aromatic nitrogens is 2. The number of rotatable bonds is 7. The quantitative estimate of drug-likeness (QED) is 0.486. The maximum Gasteiger partial charge on any atom is 0.191 e. The Morgan fingerprint density at radius 2 is 1.96 bits per heavy atom. The van der Waals surface area contributed by atoms with Crippen molar-refractivity contribution in [2.45, 2.75) is 26.5 Å². The van der Waals surface area contributed by atoms with Crippen LogP contribution >= 0.6 is 0 Å². The van der Waals surface area contributed by atoms with Crippen LogP contribution in [-0.4, -0.2) is 42.2 Å². The summed E-state index contributed by atoms with van der Waals surface area (Å²) in [6.45, 7) is 5.27. The number of imidazole rings is 1. The Bertz CT molecular complexity index is 951. The third kappa shape index (κ3) is 4.94. The molecule has 148 valence electrons. The summed E-state index contributed by atoms with van der Waals surface area (Å²) >= 11 is 0. The number of ether oxygens (including phenoxy) is 2. The molecule has 0 aliphatic heterocycles. The van der Waals surface area contributed by atoms with E-state index < -0.39 is 0 Å². The number of nitrogens with one attached hydrogen (secondary N) is 2. The zero-order valence-electron chi connectivity index (χ0n) is 16.8. The van der Waals surface area contributed by atoms with E-state index in [9.17, 15) is 0 Å². The van der Waals surface area contributed by atoms with E-state index in [4.69, 9.17) is 9.47 Å². The Morgan fingerprint density at radius 3 is 2.71 bits per heavy atom. The molecule has 0 saturated heterocycles. The van der Waals surface area contributed by atoms with E-state index in [0.29, 0.717) is 19.0 Å². The van der Waals surface area contributed by atoms with Gasteiger partial charge < -0.3 is 24.5 Å². The average molecular weight is 381 g/mol. The van der Waals surface area contributed by atoms with Gasteiger partial charge in [0.05, 0.1) is 25.9 Å². The second-order valence-electron chi connectivity index (χ2n) is 6.54. The molecule has 1 aromatic carbocycles. The highest BCUT2D eigenvalue weighted by atomic mass is 16.5. The van der Waals surface area contributed by atoms with Gasteiger partial charge in [0, 0.05) is 25.0 Å². The van der Waals surface area contributed by atoms with Gasteiger partial charge in [0.25, 0.3) is 0 Å². The molecule has 0 spiro atoms. The van der Waals surface area contributed by atoms with Crippen LogP contribution in [0.5, 0.6) is 11.5 Å². The van der Waals surface area contributed by atoms with Gasteiger partial charge in [-0.1, -0.05) is 12.1 Å². The van der Waals surface area contributed by atoms with Gasteiger partial charge in [0.1, 0.15) is 23.3 Å². The fourth-order valence-corrected chi connectivity index (χ4v) is 2.87. The number of nitrogens with zero attached hydrogens (tertiary/aromatic N) is 3. The lowest BCUT2D eigenvalue weighted by atomic mass is 10.3. The zero-order chi connectivity index (χ0) is 19.9. The van der Waals surface area contributed by atoms with Gasteiger partial charge >= 0.3 is 0 Å². The highest BCUT2D eigenvalue weighted by Gasteiger charge is 2.08. The molecule has 0 aliphatic rings. The van der Waals surface area contributed by atoms with Gasteiger partial charge in [-0.25, -0.2) is 4.98 Å². The molecule has 0 bridgehead atoms. The molecule has 0 saturated carbocycles. The molecule has 1 unspecified atom stereocenters. The molecule has 2 aromatic heterocycles. The highest BCUT2D eigenvalue weighted by molar-refractivity contribution is 5.79. The van der Waals surface area contributed by atoms with Crippen molar-refractivity contribution >= 4 is 11.6 Å². The van der Waals surface area contributed by atoms with Crippen LogP contribution in [0, 0.1) is 6.92 Å².